The highest BCUT2D eigenvalue weighted by Gasteiger charge is 2.24. The molecule has 1 aliphatic rings. The van der Waals surface area contributed by atoms with Gasteiger partial charge < -0.3 is 9.84 Å². The van der Waals surface area contributed by atoms with Crippen molar-refractivity contribution in [1.82, 2.24) is 0 Å². The van der Waals surface area contributed by atoms with Crippen LogP contribution in [0.2, 0.25) is 0 Å². The summed E-state index contributed by atoms with van der Waals surface area (Å²) in [6.07, 6.45) is -0.0904. The molecular formula is C5H9N3O2. The first-order chi connectivity index (χ1) is 4.84. The van der Waals surface area contributed by atoms with E-state index in [0.29, 0.717) is 13.0 Å². The lowest BCUT2D eigenvalue weighted by Gasteiger charge is -2.08. The lowest BCUT2D eigenvalue weighted by Crippen LogP contribution is -2.23. The molecule has 1 fully saturated rings. The quantitative estimate of drug-likeness (QED) is 0.346. The van der Waals surface area contributed by atoms with E-state index in [0.717, 1.165) is 0 Å². The molecule has 1 aliphatic heterocycles. The summed E-state index contributed by atoms with van der Waals surface area (Å²) >= 11 is 0. The minimum absolute atomic E-state index is 0.234. The Kier molecular flexibility index (Phi) is 2.50. The molecule has 56 valence electrons. The van der Waals surface area contributed by atoms with E-state index in [4.69, 9.17) is 15.4 Å². The Balaban J connectivity index is 2.32. The van der Waals surface area contributed by atoms with E-state index in [-0.39, 0.29) is 12.6 Å². The van der Waals surface area contributed by atoms with Crippen molar-refractivity contribution < 1.29 is 9.84 Å². The lowest BCUT2D eigenvalue weighted by atomic mass is 10.2. The van der Waals surface area contributed by atoms with Gasteiger partial charge in [-0.05, 0) is 12.0 Å². The minimum Gasteiger partial charge on any atom is -0.390 e. The molecule has 1 heterocycles. The van der Waals surface area contributed by atoms with Gasteiger partial charge in [0.25, 0.3) is 0 Å². The molecule has 0 aromatic heterocycles. The van der Waals surface area contributed by atoms with Gasteiger partial charge in [-0.15, -0.1) is 0 Å². The predicted molar refractivity (Wildman–Crippen MR) is 34.4 cm³/mol. The molecule has 5 nitrogen and oxygen atoms in total. The molecule has 0 aromatic rings. The third-order valence-electron chi connectivity index (χ3n) is 1.50. The molecule has 0 spiro atoms. The second kappa shape index (κ2) is 3.41. The summed E-state index contributed by atoms with van der Waals surface area (Å²) in [7, 11) is 0. The second-order valence-electron chi connectivity index (χ2n) is 2.18. The molecule has 1 saturated heterocycles. The molecule has 10 heavy (non-hydrogen) atoms. The van der Waals surface area contributed by atoms with Crippen LogP contribution in [-0.4, -0.2) is 30.5 Å². The standard InChI is InChI=1S/C5H9N3O2/c6-8-7-3-5-4(9)1-2-10-5/h4-5,9H,1-3H2. The summed E-state index contributed by atoms with van der Waals surface area (Å²) in [5.41, 5.74) is 7.93. The summed E-state index contributed by atoms with van der Waals surface area (Å²) in [4.78, 5) is 2.57. The summed E-state index contributed by atoms with van der Waals surface area (Å²) in [5.74, 6) is 0. The molecule has 0 bridgehead atoms. The van der Waals surface area contributed by atoms with Gasteiger partial charge in [0, 0.05) is 11.5 Å². The van der Waals surface area contributed by atoms with Crippen LogP contribution >= 0.6 is 0 Å². The van der Waals surface area contributed by atoms with Gasteiger partial charge in [0.15, 0.2) is 0 Å². The first kappa shape index (κ1) is 7.34. The molecule has 5 heteroatoms. The molecule has 0 radical (unpaired) electrons. The molecule has 1 rings (SSSR count). The highest BCUT2D eigenvalue weighted by molar-refractivity contribution is 4.76. The fourth-order valence-electron chi connectivity index (χ4n) is 0.928. The maximum absolute atomic E-state index is 9.11. The molecule has 0 aliphatic carbocycles. The maximum atomic E-state index is 9.11. The number of hydrogen-bond acceptors (Lipinski definition) is 3. The van der Waals surface area contributed by atoms with Gasteiger partial charge in [0.05, 0.1) is 18.8 Å². The van der Waals surface area contributed by atoms with E-state index in [9.17, 15) is 0 Å². The van der Waals surface area contributed by atoms with Crippen molar-refractivity contribution in [2.45, 2.75) is 18.6 Å². The van der Waals surface area contributed by atoms with Crippen molar-refractivity contribution in [2.75, 3.05) is 13.2 Å². The topological polar surface area (TPSA) is 78.2 Å². The van der Waals surface area contributed by atoms with E-state index in [1.54, 1.807) is 0 Å². The van der Waals surface area contributed by atoms with Gasteiger partial charge >= 0.3 is 0 Å². The molecule has 2 unspecified atom stereocenters. The van der Waals surface area contributed by atoms with Crippen LogP contribution in [0.5, 0.6) is 0 Å². The van der Waals surface area contributed by atoms with Crippen molar-refractivity contribution in [3.05, 3.63) is 10.4 Å². The first-order valence-electron chi connectivity index (χ1n) is 3.15. The minimum atomic E-state index is -0.453. The first-order valence-corrected chi connectivity index (χ1v) is 3.15. The van der Waals surface area contributed by atoms with Crippen molar-refractivity contribution in [3.63, 3.8) is 0 Å². The highest BCUT2D eigenvalue weighted by Crippen LogP contribution is 2.12. The second-order valence-corrected chi connectivity index (χ2v) is 2.18. The number of rotatable bonds is 2. The molecule has 1 N–H and O–H groups in total. The van der Waals surface area contributed by atoms with Crippen LogP contribution in [0, 0.1) is 0 Å². The fourth-order valence-corrected chi connectivity index (χ4v) is 0.928. The molecular weight excluding hydrogens is 134 g/mol. The Labute approximate surface area is 58.2 Å². The Morgan fingerprint density at radius 3 is 3.10 bits per heavy atom. The van der Waals surface area contributed by atoms with E-state index in [2.05, 4.69) is 10.0 Å². The highest BCUT2D eigenvalue weighted by atomic mass is 16.5. The Hall–Kier alpha value is -0.770. The lowest BCUT2D eigenvalue weighted by molar-refractivity contribution is 0.0488. The third kappa shape index (κ3) is 1.60. The summed E-state index contributed by atoms with van der Waals surface area (Å²) in [6.45, 7) is 0.796. The average molecular weight is 143 g/mol. The van der Waals surface area contributed by atoms with Crippen LogP contribution in [0.4, 0.5) is 0 Å². The third-order valence-corrected chi connectivity index (χ3v) is 1.50. The van der Waals surface area contributed by atoms with Gasteiger partial charge in [-0.2, -0.15) is 0 Å². The average Bonchev–Trinajstić information content (AvgIpc) is 2.31. The van der Waals surface area contributed by atoms with Gasteiger partial charge in [-0.25, -0.2) is 0 Å². The zero-order valence-electron chi connectivity index (χ0n) is 5.47. The number of aliphatic hydroxyl groups excluding tert-OH is 1. The SMILES string of the molecule is [N-]=[N+]=NCC1OCCC1O. The van der Waals surface area contributed by atoms with Crippen LogP contribution in [0.1, 0.15) is 6.42 Å². The monoisotopic (exact) mass is 143 g/mol. The number of ether oxygens (including phenoxy) is 1. The normalized spacial score (nSPS) is 31.7. The van der Waals surface area contributed by atoms with Gasteiger partial charge in [-0.1, -0.05) is 5.11 Å². The van der Waals surface area contributed by atoms with E-state index in [1.165, 1.54) is 0 Å². The van der Waals surface area contributed by atoms with Gasteiger partial charge in [0.2, 0.25) is 0 Å². The summed E-state index contributed by atoms with van der Waals surface area (Å²) in [6, 6.07) is 0. The van der Waals surface area contributed by atoms with Crippen molar-refractivity contribution in [1.29, 1.82) is 0 Å². The van der Waals surface area contributed by atoms with Crippen LogP contribution < -0.4 is 0 Å². The van der Waals surface area contributed by atoms with Crippen molar-refractivity contribution in [3.8, 4) is 0 Å². The molecule has 0 saturated carbocycles. The number of hydrogen-bond donors (Lipinski definition) is 1. The van der Waals surface area contributed by atoms with E-state index < -0.39 is 6.10 Å². The zero-order chi connectivity index (χ0) is 7.40. The van der Waals surface area contributed by atoms with Crippen LogP contribution in [0.15, 0.2) is 5.11 Å². The number of azide groups is 1. The van der Waals surface area contributed by atoms with Crippen molar-refractivity contribution >= 4 is 0 Å². The van der Waals surface area contributed by atoms with Crippen LogP contribution in [0.3, 0.4) is 0 Å². The maximum Gasteiger partial charge on any atom is 0.0891 e. The van der Waals surface area contributed by atoms with Crippen molar-refractivity contribution in [2.24, 2.45) is 5.11 Å². The number of aliphatic hydroxyl groups is 1. The van der Waals surface area contributed by atoms with Crippen LogP contribution in [-0.2, 0) is 4.74 Å². The summed E-state index contributed by atoms with van der Waals surface area (Å²) in [5, 5.41) is 12.4. The van der Waals surface area contributed by atoms with Gasteiger partial charge in [0.1, 0.15) is 0 Å². The van der Waals surface area contributed by atoms with E-state index in [1.807, 2.05) is 0 Å². The molecule has 0 aromatic carbocycles. The summed E-state index contributed by atoms with van der Waals surface area (Å²) < 4.78 is 5.05. The fraction of sp³-hybridized carbons (Fsp3) is 1.00. The Morgan fingerprint density at radius 1 is 1.80 bits per heavy atom. The van der Waals surface area contributed by atoms with E-state index >= 15 is 0 Å². The molecule has 0 amide bonds. The molecule has 2 atom stereocenters. The predicted octanol–water partition coefficient (Wildman–Crippen LogP) is 0.446. The zero-order valence-corrected chi connectivity index (χ0v) is 5.47. The Bertz CT molecular complexity index is 155. The smallest absolute Gasteiger partial charge is 0.0891 e. The number of nitrogens with zero attached hydrogens (tertiary/aromatic N) is 3. The Morgan fingerprint density at radius 2 is 2.60 bits per heavy atom. The largest absolute Gasteiger partial charge is 0.390 e. The van der Waals surface area contributed by atoms with Gasteiger partial charge in [-0.3, -0.25) is 0 Å². The van der Waals surface area contributed by atoms with Crippen LogP contribution in [0.25, 0.3) is 10.4 Å².